The Morgan fingerprint density at radius 3 is 2.00 bits per heavy atom. The first-order valence-electron chi connectivity index (χ1n) is 4.01. The van der Waals surface area contributed by atoms with Crippen molar-refractivity contribution < 1.29 is 4.74 Å². The topological polar surface area (TPSA) is 9.23 Å². The second-order valence-electron chi connectivity index (χ2n) is 4.30. The second-order valence-corrected chi connectivity index (χ2v) is 7.59. The van der Waals surface area contributed by atoms with E-state index in [0.29, 0.717) is 5.04 Å². The predicted octanol–water partition coefficient (Wildman–Crippen LogP) is 1.74. The summed E-state index contributed by atoms with van der Waals surface area (Å²) in [4.78, 5) is 0. The molecule has 0 saturated heterocycles. The van der Waals surface area contributed by atoms with E-state index in [0.717, 1.165) is 22.2 Å². The molecule has 0 atom stereocenters. The largest absolute Gasteiger partial charge is 0.374 e. The minimum atomic E-state index is 0.0208. The summed E-state index contributed by atoms with van der Waals surface area (Å²) in [5, 5.41) is 1.27. The van der Waals surface area contributed by atoms with Gasteiger partial charge in [0.2, 0.25) is 0 Å². The number of rotatable bonds is 4. The molecule has 0 saturated carbocycles. The molecule has 0 radical (unpaired) electrons. The average Bonchev–Trinajstić information content (AvgIpc) is 1.81. The molecule has 0 aromatic carbocycles. The van der Waals surface area contributed by atoms with Gasteiger partial charge in [-0.2, -0.15) is 0 Å². The predicted molar refractivity (Wildman–Crippen MR) is 57.8 cm³/mol. The molecule has 68 valence electrons. The summed E-state index contributed by atoms with van der Waals surface area (Å²) in [6, 6.07) is 0. The molecule has 0 aromatic heterocycles. The van der Waals surface area contributed by atoms with Gasteiger partial charge in [0, 0.05) is 15.6 Å². The molecule has 0 fully saturated rings. The molecule has 0 rings (SSSR count). The first-order valence-corrected chi connectivity index (χ1v) is 6.13. The van der Waals surface area contributed by atoms with Crippen LogP contribution in [-0.2, 0) is 4.74 Å². The van der Waals surface area contributed by atoms with E-state index in [2.05, 4.69) is 43.6 Å². The van der Waals surface area contributed by atoms with E-state index in [4.69, 9.17) is 4.74 Å². The van der Waals surface area contributed by atoms with Crippen LogP contribution in [0.2, 0.25) is 5.04 Å². The Balaban J connectivity index is 4.00. The first kappa shape index (κ1) is 11.7. The first-order chi connectivity index (χ1) is 4.81. The normalized spacial score (nSPS) is 13.9. The zero-order chi connectivity index (χ0) is 9.12. The van der Waals surface area contributed by atoms with Crippen LogP contribution in [0.5, 0.6) is 0 Å². The Morgan fingerprint density at radius 1 is 1.27 bits per heavy atom. The second kappa shape index (κ2) is 4.05. The Labute approximate surface area is 81.4 Å². The van der Waals surface area contributed by atoms with Crippen LogP contribution in [0.25, 0.3) is 0 Å². The van der Waals surface area contributed by atoms with Crippen molar-refractivity contribution in [3.63, 3.8) is 0 Å². The molecule has 0 N–H and O–H groups in total. The van der Waals surface area contributed by atoms with Crippen molar-refractivity contribution in [3.05, 3.63) is 0 Å². The van der Waals surface area contributed by atoms with Gasteiger partial charge in [0.05, 0.1) is 12.2 Å². The van der Waals surface area contributed by atoms with Crippen molar-refractivity contribution in [3.8, 4) is 0 Å². The molecule has 0 bridgehead atoms. The van der Waals surface area contributed by atoms with Crippen LogP contribution in [0.15, 0.2) is 0 Å². The maximum absolute atomic E-state index is 5.73. The zero-order valence-electron chi connectivity index (χ0n) is 8.20. The Bertz CT molecular complexity index is 118. The Morgan fingerprint density at radius 2 is 1.73 bits per heavy atom. The molecular formula is C8H19BrOSi. The Hall–Kier alpha value is 0.657. The molecule has 0 amide bonds. The number of ether oxygens (including phenoxy) is 1. The highest BCUT2D eigenvalue weighted by Crippen LogP contribution is 2.36. The fourth-order valence-corrected chi connectivity index (χ4v) is 0.816. The summed E-state index contributed by atoms with van der Waals surface area (Å²) in [6.45, 7) is 9.66. The summed E-state index contributed by atoms with van der Waals surface area (Å²) < 4.78 is 5.73. The lowest BCUT2D eigenvalue weighted by molar-refractivity contribution is -0.0350. The van der Waals surface area contributed by atoms with Gasteiger partial charge in [-0.05, 0) is 18.9 Å². The summed E-state index contributed by atoms with van der Waals surface area (Å²) in [6.07, 6.45) is 0. The van der Waals surface area contributed by atoms with Gasteiger partial charge in [0.25, 0.3) is 0 Å². The van der Waals surface area contributed by atoms with Gasteiger partial charge in [0.1, 0.15) is 0 Å². The third-order valence-electron chi connectivity index (χ3n) is 2.35. The van der Waals surface area contributed by atoms with Crippen LogP contribution in [0.4, 0.5) is 0 Å². The minimum absolute atomic E-state index is 0.0208. The molecule has 11 heavy (non-hydrogen) atoms. The van der Waals surface area contributed by atoms with Crippen LogP contribution in [0.3, 0.4) is 0 Å². The van der Waals surface area contributed by atoms with Crippen LogP contribution in [0.1, 0.15) is 27.7 Å². The van der Waals surface area contributed by atoms with Crippen molar-refractivity contribution in [2.45, 2.75) is 38.3 Å². The smallest absolute Gasteiger partial charge is 0.0644 e. The summed E-state index contributed by atoms with van der Waals surface area (Å²) in [5.41, 5.74) is 0.0208. The van der Waals surface area contributed by atoms with E-state index in [9.17, 15) is 0 Å². The number of hydrogen-bond acceptors (Lipinski definition) is 1. The highest BCUT2D eigenvalue weighted by molar-refractivity contribution is 9.09. The third kappa shape index (κ3) is 3.72. The van der Waals surface area contributed by atoms with Crippen molar-refractivity contribution >= 4 is 26.2 Å². The molecule has 0 spiro atoms. The molecular weight excluding hydrogens is 220 g/mol. The summed E-state index contributed by atoms with van der Waals surface area (Å²) in [5.74, 6) is 0. The van der Waals surface area contributed by atoms with Crippen LogP contribution < -0.4 is 0 Å². The maximum Gasteiger partial charge on any atom is 0.0644 e. The maximum atomic E-state index is 5.73. The molecule has 0 aromatic rings. The van der Waals surface area contributed by atoms with Gasteiger partial charge in [-0.15, -0.1) is 0 Å². The fourth-order valence-electron chi connectivity index (χ4n) is 0.510. The monoisotopic (exact) mass is 238 g/mol. The quantitative estimate of drug-likeness (QED) is 0.536. The van der Waals surface area contributed by atoms with Crippen LogP contribution in [-0.4, -0.2) is 27.8 Å². The van der Waals surface area contributed by atoms with Gasteiger partial charge in [-0.1, -0.05) is 29.8 Å². The third-order valence-corrected chi connectivity index (χ3v) is 3.87. The number of halogens is 1. The van der Waals surface area contributed by atoms with E-state index in [-0.39, 0.29) is 5.60 Å². The summed E-state index contributed by atoms with van der Waals surface area (Å²) >= 11 is 3.36. The zero-order valence-corrected chi connectivity index (χ0v) is 11.8. The van der Waals surface area contributed by atoms with Crippen molar-refractivity contribution in [2.24, 2.45) is 0 Å². The van der Waals surface area contributed by atoms with Crippen LogP contribution >= 0.6 is 15.9 Å². The van der Waals surface area contributed by atoms with Gasteiger partial charge < -0.3 is 4.74 Å². The van der Waals surface area contributed by atoms with E-state index in [1.807, 2.05) is 0 Å². The lowest BCUT2D eigenvalue weighted by Crippen LogP contribution is -2.37. The molecule has 0 aliphatic rings. The molecule has 0 aliphatic heterocycles. The minimum Gasteiger partial charge on any atom is -0.374 e. The number of alkyl halides is 1. The van der Waals surface area contributed by atoms with Gasteiger partial charge >= 0.3 is 0 Å². The standard InChI is InChI=1S/C8H19BrOSi/c1-7(2,8(3,4)11)10-6-5-9/h5-6H2,1-4,11H3. The lowest BCUT2D eigenvalue weighted by atomic mass is 9.93. The number of hydrogen-bond donors (Lipinski definition) is 0. The van der Waals surface area contributed by atoms with Crippen molar-refractivity contribution in [1.82, 2.24) is 0 Å². The summed E-state index contributed by atoms with van der Waals surface area (Å²) in [7, 11) is 1.16. The van der Waals surface area contributed by atoms with E-state index in [1.54, 1.807) is 0 Å². The van der Waals surface area contributed by atoms with Gasteiger partial charge in [-0.25, -0.2) is 0 Å². The molecule has 1 nitrogen and oxygen atoms in total. The Kier molecular flexibility index (Phi) is 4.30. The van der Waals surface area contributed by atoms with Gasteiger partial charge in [0.15, 0.2) is 0 Å². The van der Waals surface area contributed by atoms with Gasteiger partial charge in [-0.3, -0.25) is 0 Å². The van der Waals surface area contributed by atoms with Crippen molar-refractivity contribution in [2.75, 3.05) is 11.9 Å². The molecule has 0 unspecified atom stereocenters. The fraction of sp³-hybridized carbons (Fsp3) is 1.00. The van der Waals surface area contributed by atoms with E-state index < -0.39 is 0 Å². The molecule has 3 heteroatoms. The van der Waals surface area contributed by atoms with E-state index in [1.165, 1.54) is 0 Å². The lowest BCUT2D eigenvalue weighted by Gasteiger charge is -2.38. The molecule has 0 aliphatic carbocycles. The van der Waals surface area contributed by atoms with E-state index >= 15 is 0 Å². The van der Waals surface area contributed by atoms with Crippen LogP contribution in [0, 0.1) is 0 Å². The van der Waals surface area contributed by atoms with Crippen molar-refractivity contribution in [1.29, 1.82) is 0 Å². The highest BCUT2D eigenvalue weighted by atomic mass is 79.9. The average molecular weight is 239 g/mol. The SMILES string of the molecule is CC(C)([SiH3])C(C)(C)OCCBr. The molecule has 0 heterocycles. The highest BCUT2D eigenvalue weighted by Gasteiger charge is 2.33.